The number of likely N-dealkylation sites (tertiary alicyclic amines) is 1. The van der Waals surface area contributed by atoms with Crippen molar-refractivity contribution < 1.29 is 19.1 Å². The Morgan fingerprint density at radius 1 is 1.25 bits per heavy atom. The molecule has 3 N–H and O–H groups in total. The van der Waals surface area contributed by atoms with Gasteiger partial charge in [0.25, 0.3) is 0 Å². The lowest BCUT2D eigenvalue weighted by Crippen LogP contribution is -2.51. The number of hydrogen-bond donors (Lipinski definition) is 3. The molecule has 0 aromatic rings. The molecular formula is C15H29N5O4. The highest BCUT2D eigenvalue weighted by molar-refractivity contribution is 5.86. The first kappa shape index (κ1) is 20.0. The van der Waals surface area contributed by atoms with Crippen LogP contribution >= 0.6 is 0 Å². The van der Waals surface area contributed by atoms with Crippen molar-refractivity contribution in [2.75, 3.05) is 53.6 Å². The summed E-state index contributed by atoms with van der Waals surface area (Å²) in [7, 11) is 3.25. The molecule has 0 aromatic carbocycles. The molecule has 1 aliphatic rings. The topological polar surface area (TPSA) is 104 Å². The minimum Gasteiger partial charge on any atom is -0.450 e. The second-order valence-electron chi connectivity index (χ2n) is 5.37. The third kappa shape index (κ3) is 7.49. The SMILES string of the molecule is CCOC(=O)N1CCC(NC(=NC)NCC(=O)NCCOC)CC1. The number of amides is 2. The van der Waals surface area contributed by atoms with Gasteiger partial charge in [0.15, 0.2) is 5.96 Å². The van der Waals surface area contributed by atoms with E-state index in [1.165, 1.54) is 0 Å². The number of nitrogens with zero attached hydrogens (tertiary/aromatic N) is 2. The fraction of sp³-hybridized carbons (Fsp3) is 0.800. The van der Waals surface area contributed by atoms with Crippen LogP contribution in [0.4, 0.5) is 4.79 Å². The molecule has 0 bridgehead atoms. The number of ether oxygens (including phenoxy) is 2. The lowest BCUT2D eigenvalue weighted by molar-refractivity contribution is -0.120. The summed E-state index contributed by atoms with van der Waals surface area (Å²) in [6.07, 6.45) is 1.35. The zero-order chi connectivity index (χ0) is 17.8. The van der Waals surface area contributed by atoms with Crippen LogP contribution in [0.15, 0.2) is 4.99 Å². The predicted octanol–water partition coefficient (Wildman–Crippen LogP) is -0.465. The Morgan fingerprint density at radius 2 is 1.96 bits per heavy atom. The molecule has 0 saturated carbocycles. The summed E-state index contributed by atoms with van der Waals surface area (Å²) in [5.74, 6) is 0.457. The average molecular weight is 343 g/mol. The van der Waals surface area contributed by atoms with Crippen LogP contribution in [-0.2, 0) is 14.3 Å². The average Bonchev–Trinajstić information content (AvgIpc) is 2.59. The molecule has 0 aliphatic carbocycles. The van der Waals surface area contributed by atoms with Gasteiger partial charge in [-0.25, -0.2) is 4.79 Å². The van der Waals surface area contributed by atoms with E-state index < -0.39 is 0 Å². The molecule has 9 nitrogen and oxygen atoms in total. The van der Waals surface area contributed by atoms with E-state index in [9.17, 15) is 9.59 Å². The minimum absolute atomic E-state index is 0.118. The molecule has 1 rings (SSSR count). The molecule has 1 fully saturated rings. The normalized spacial score (nSPS) is 15.8. The van der Waals surface area contributed by atoms with E-state index in [1.807, 2.05) is 0 Å². The first-order valence-corrected chi connectivity index (χ1v) is 8.25. The molecule has 1 heterocycles. The van der Waals surface area contributed by atoms with Crippen molar-refractivity contribution >= 4 is 18.0 Å². The maximum atomic E-state index is 11.7. The van der Waals surface area contributed by atoms with Crippen molar-refractivity contribution in [1.82, 2.24) is 20.9 Å². The second-order valence-corrected chi connectivity index (χ2v) is 5.37. The monoisotopic (exact) mass is 343 g/mol. The third-order valence-electron chi connectivity index (χ3n) is 3.63. The highest BCUT2D eigenvalue weighted by atomic mass is 16.6. The largest absolute Gasteiger partial charge is 0.450 e. The number of hydrogen-bond acceptors (Lipinski definition) is 5. The maximum Gasteiger partial charge on any atom is 0.409 e. The number of rotatable bonds is 7. The highest BCUT2D eigenvalue weighted by Crippen LogP contribution is 2.11. The molecule has 24 heavy (non-hydrogen) atoms. The smallest absolute Gasteiger partial charge is 0.409 e. The van der Waals surface area contributed by atoms with Gasteiger partial charge in [-0.15, -0.1) is 0 Å². The van der Waals surface area contributed by atoms with E-state index in [2.05, 4.69) is 20.9 Å². The zero-order valence-corrected chi connectivity index (χ0v) is 14.8. The van der Waals surface area contributed by atoms with Gasteiger partial charge in [-0.1, -0.05) is 0 Å². The summed E-state index contributed by atoms with van der Waals surface area (Å²) in [5.41, 5.74) is 0. The van der Waals surface area contributed by atoms with Crippen molar-refractivity contribution in [2.24, 2.45) is 4.99 Å². The van der Waals surface area contributed by atoms with E-state index in [0.29, 0.717) is 38.8 Å². The summed E-state index contributed by atoms with van der Waals surface area (Å²) in [4.78, 5) is 29.1. The van der Waals surface area contributed by atoms with Gasteiger partial charge in [-0.3, -0.25) is 9.79 Å². The zero-order valence-electron chi connectivity index (χ0n) is 14.8. The van der Waals surface area contributed by atoms with Gasteiger partial charge in [0, 0.05) is 39.8 Å². The first-order chi connectivity index (χ1) is 11.6. The first-order valence-electron chi connectivity index (χ1n) is 8.25. The summed E-state index contributed by atoms with van der Waals surface area (Å²) < 4.78 is 9.87. The Bertz CT molecular complexity index is 422. The fourth-order valence-corrected chi connectivity index (χ4v) is 2.33. The van der Waals surface area contributed by atoms with Crippen molar-refractivity contribution in [3.63, 3.8) is 0 Å². The summed E-state index contributed by atoms with van der Waals surface area (Å²) >= 11 is 0. The number of guanidine groups is 1. The van der Waals surface area contributed by atoms with Crippen LogP contribution in [0, 0.1) is 0 Å². The number of aliphatic imine (C=N–C) groups is 1. The van der Waals surface area contributed by atoms with Crippen LogP contribution in [0.5, 0.6) is 0 Å². The van der Waals surface area contributed by atoms with E-state index in [0.717, 1.165) is 12.8 Å². The Labute approximate surface area is 143 Å². The number of carbonyl (C=O) groups is 2. The van der Waals surface area contributed by atoms with Gasteiger partial charge in [-0.05, 0) is 19.8 Å². The van der Waals surface area contributed by atoms with E-state index in [-0.39, 0.29) is 24.6 Å². The summed E-state index contributed by atoms with van der Waals surface area (Å²) in [6, 6.07) is 0.207. The molecule has 0 aromatic heterocycles. The molecule has 1 saturated heterocycles. The molecule has 0 spiro atoms. The molecule has 0 radical (unpaired) electrons. The van der Waals surface area contributed by atoms with Gasteiger partial charge in [0.2, 0.25) is 5.91 Å². The lowest BCUT2D eigenvalue weighted by atomic mass is 10.1. The van der Waals surface area contributed by atoms with Gasteiger partial charge in [0.05, 0.1) is 19.8 Å². The van der Waals surface area contributed by atoms with Crippen LogP contribution in [0.1, 0.15) is 19.8 Å². The maximum absolute atomic E-state index is 11.7. The fourth-order valence-electron chi connectivity index (χ4n) is 2.33. The lowest BCUT2D eigenvalue weighted by Gasteiger charge is -2.32. The van der Waals surface area contributed by atoms with Crippen LogP contribution < -0.4 is 16.0 Å². The third-order valence-corrected chi connectivity index (χ3v) is 3.63. The Balaban J connectivity index is 2.27. The Kier molecular flexibility index (Phi) is 9.59. The van der Waals surface area contributed by atoms with Crippen molar-refractivity contribution in [3.8, 4) is 0 Å². The number of nitrogens with one attached hydrogen (secondary N) is 3. The predicted molar refractivity (Wildman–Crippen MR) is 91.0 cm³/mol. The quantitative estimate of drug-likeness (QED) is 0.328. The van der Waals surface area contributed by atoms with Crippen LogP contribution in [-0.4, -0.2) is 82.5 Å². The number of methoxy groups -OCH3 is 1. The summed E-state index contributed by atoms with van der Waals surface area (Å²) in [6.45, 7) is 4.58. The highest BCUT2D eigenvalue weighted by Gasteiger charge is 2.24. The van der Waals surface area contributed by atoms with E-state index in [1.54, 1.807) is 26.0 Å². The van der Waals surface area contributed by atoms with Gasteiger partial charge < -0.3 is 30.3 Å². The number of piperidine rings is 1. The van der Waals surface area contributed by atoms with E-state index >= 15 is 0 Å². The second kappa shape index (κ2) is 11.5. The number of carbonyl (C=O) groups excluding carboxylic acids is 2. The Hall–Kier alpha value is -2.03. The molecule has 1 aliphatic heterocycles. The van der Waals surface area contributed by atoms with Crippen LogP contribution in [0.25, 0.3) is 0 Å². The van der Waals surface area contributed by atoms with Crippen molar-refractivity contribution in [2.45, 2.75) is 25.8 Å². The van der Waals surface area contributed by atoms with Crippen molar-refractivity contribution in [1.29, 1.82) is 0 Å². The minimum atomic E-state index is -0.258. The van der Waals surface area contributed by atoms with Gasteiger partial charge in [0.1, 0.15) is 0 Å². The van der Waals surface area contributed by atoms with Crippen LogP contribution in [0.3, 0.4) is 0 Å². The molecule has 9 heteroatoms. The van der Waals surface area contributed by atoms with Gasteiger partial charge in [-0.2, -0.15) is 0 Å². The van der Waals surface area contributed by atoms with Crippen LogP contribution in [0.2, 0.25) is 0 Å². The molecular weight excluding hydrogens is 314 g/mol. The summed E-state index contributed by atoms with van der Waals surface area (Å²) in [5, 5.41) is 8.98. The molecule has 138 valence electrons. The molecule has 0 unspecified atom stereocenters. The van der Waals surface area contributed by atoms with Crippen molar-refractivity contribution in [3.05, 3.63) is 0 Å². The molecule has 2 amide bonds. The standard InChI is InChI=1S/C15H29N5O4/c1-4-24-15(22)20-8-5-12(6-9-20)19-14(16-2)18-11-13(21)17-7-10-23-3/h12H,4-11H2,1-3H3,(H,17,21)(H2,16,18,19). The Morgan fingerprint density at radius 3 is 2.54 bits per heavy atom. The van der Waals surface area contributed by atoms with E-state index in [4.69, 9.17) is 9.47 Å². The van der Waals surface area contributed by atoms with Gasteiger partial charge >= 0.3 is 6.09 Å². The molecule has 0 atom stereocenters.